The minimum atomic E-state index is -5.07. The number of carbonyl (C=O) groups is 7. The summed E-state index contributed by atoms with van der Waals surface area (Å²) in [6.45, 7) is 19.4. The Hall–Kier alpha value is -7.00. The van der Waals surface area contributed by atoms with Crippen molar-refractivity contribution < 1.29 is 67.0 Å². The fraction of sp³-hybridized carbons (Fsp3) is 0.635. The van der Waals surface area contributed by atoms with E-state index >= 15 is 0 Å². The van der Waals surface area contributed by atoms with Crippen molar-refractivity contribution in [2.45, 2.75) is 189 Å². The Labute approximate surface area is 530 Å². The van der Waals surface area contributed by atoms with E-state index in [4.69, 9.17) is 57.4 Å². The molecule has 28 heteroatoms. The molecule has 6 aliphatic heterocycles. The van der Waals surface area contributed by atoms with Gasteiger partial charge in [0, 0.05) is 138 Å². The number of carbonyl (C=O) groups excluding carboxylic acids is 7. The molecule has 11 unspecified atom stereocenters. The molecule has 8 bridgehead atoms. The van der Waals surface area contributed by atoms with Gasteiger partial charge in [-0.1, -0.05) is 34.6 Å². The van der Waals surface area contributed by atoms with Crippen LogP contribution in [0.25, 0.3) is 11.0 Å². The fourth-order valence-electron chi connectivity index (χ4n) is 15.6. The van der Waals surface area contributed by atoms with Crippen LogP contribution in [0.1, 0.15) is 150 Å². The van der Waals surface area contributed by atoms with Crippen molar-refractivity contribution in [3.63, 3.8) is 0 Å². The first kappa shape index (κ1) is 69.9. The van der Waals surface area contributed by atoms with Gasteiger partial charge in [0.25, 0.3) is 0 Å². The van der Waals surface area contributed by atoms with Gasteiger partial charge in [-0.3, -0.25) is 57.6 Å². The third-order valence-electron chi connectivity index (χ3n) is 20.9. The number of nitrogens with one attached hydrogen (secondary N) is 3. The topological polar surface area (TPSA) is 446 Å². The molecule has 2 fully saturated rings. The van der Waals surface area contributed by atoms with Gasteiger partial charge in [-0.15, -0.1) is 0 Å². The third-order valence-corrected chi connectivity index (χ3v) is 22.0. The van der Waals surface area contributed by atoms with Crippen molar-refractivity contribution in [3.8, 4) is 0 Å². The van der Waals surface area contributed by atoms with Crippen LogP contribution >= 0.6 is 7.82 Å². The van der Waals surface area contributed by atoms with E-state index < -0.39 is 137 Å². The number of phosphoric ester groups is 1. The molecule has 2 aromatic rings. The second-order valence-electron chi connectivity index (χ2n) is 27.3. The highest BCUT2D eigenvalue weighted by Gasteiger charge is 2.66. The molecular formula is C63H92N13O14P. The van der Waals surface area contributed by atoms with Crippen LogP contribution in [0, 0.1) is 59.2 Å². The van der Waals surface area contributed by atoms with Crippen molar-refractivity contribution in [2.75, 3.05) is 20.2 Å². The lowest BCUT2D eigenvalue weighted by atomic mass is 9.55. The lowest BCUT2D eigenvalue weighted by molar-refractivity contribution is -0.124. The van der Waals surface area contributed by atoms with Crippen molar-refractivity contribution >= 4 is 77.3 Å². The number of imidazole rings is 1. The number of benzene rings is 1. The van der Waals surface area contributed by atoms with Gasteiger partial charge >= 0.3 is 7.82 Å². The Kier molecular flexibility index (Phi) is 20.1. The summed E-state index contributed by atoms with van der Waals surface area (Å²) < 4.78 is 32.3. The Morgan fingerprint density at radius 1 is 0.813 bits per heavy atom. The molecule has 0 saturated carbocycles. The summed E-state index contributed by atoms with van der Waals surface area (Å²) in [5.74, 6) is -6.73. The smallest absolute Gasteiger partial charge is 0.394 e. The number of aromatic nitrogens is 2. The third kappa shape index (κ3) is 13.3. The van der Waals surface area contributed by atoms with Crippen molar-refractivity contribution in [3.05, 3.63) is 63.9 Å². The number of aliphatic hydroxyl groups excluding tert-OH is 2. The molecule has 0 aliphatic carbocycles. The van der Waals surface area contributed by atoms with Gasteiger partial charge in [0.05, 0.1) is 41.7 Å². The summed E-state index contributed by atoms with van der Waals surface area (Å²) in [6.07, 6.45) is -3.94. The van der Waals surface area contributed by atoms with Crippen LogP contribution in [0.5, 0.6) is 0 Å². The molecule has 1 aromatic carbocycles. The van der Waals surface area contributed by atoms with Gasteiger partial charge in [-0.25, -0.2) is 9.55 Å². The quantitative estimate of drug-likeness (QED) is 0.0601. The Bertz CT molecular complexity index is 3560. The van der Waals surface area contributed by atoms with Gasteiger partial charge < -0.3 is 69.0 Å². The fourth-order valence-corrected chi connectivity index (χ4v) is 16.7. The number of aryl methyl sites for hydroxylation is 2. The zero-order valence-electron chi connectivity index (χ0n) is 54.2. The number of nitrogens with two attached hydrogens (primary N) is 5. The summed E-state index contributed by atoms with van der Waals surface area (Å²) >= 11 is 0. The first-order valence-electron chi connectivity index (χ1n) is 31.0. The number of aliphatic imine (C=N–C) groups is 3. The molecule has 7 amide bonds. The van der Waals surface area contributed by atoms with E-state index in [1.165, 1.54) is 13.3 Å². The minimum absolute atomic E-state index is 0.000535. The number of primary amides is 5. The van der Waals surface area contributed by atoms with E-state index in [9.17, 15) is 53.2 Å². The Morgan fingerprint density at radius 3 is 2.04 bits per heavy atom. The van der Waals surface area contributed by atoms with E-state index in [0.717, 1.165) is 11.1 Å². The number of hydrogen-bond acceptors (Lipinski definition) is 18. The van der Waals surface area contributed by atoms with E-state index in [-0.39, 0.29) is 76.7 Å². The Balaban J connectivity index is 1.20. The molecule has 7 heterocycles. The largest absolute Gasteiger partial charge is 0.472 e. The standard InChI is InChI=1S/C63H92N13O14P/c1-30-21-40-41(22-31(30)2)76(29-71-40)58-53(85)54(42(28-77)88-58)90-91(86,87)89-32(3)27-70-50(84)19-20-60(8)38(23-46(66)80)57-63(11)62(10,26-48(68)82)37(14-17-45(65)79)52(75-63)34(5)56-61(9,25-47(67)81)35(13-16-44(64)78)39(72-56)24-43-59(6,7)36(15-18-49(83)69-12)51(73-43)33(4)55(60)74-57/h21-22,24,29,32,35-38,42,53-54,57-58,72,77,85H,13-20,23,25-28H2,1-12H3,(H2,64,78)(H2,65,79)(H2,66,80)(H2,67,81)(H2,68,82)(H,69,83)(H,70,84)(H,86,87)/b39-24?,51-33?,56-34-/t32?,35?,36?,37?,38?,42-,53-,54-,57?,58+,60?,61?,62?,63?/m1/s1. The van der Waals surface area contributed by atoms with Crippen LogP contribution in [0.4, 0.5) is 0 Å². The molecule has 16 N–H and O–H groups in total. The predicted molar refractivity (Wildman–Crippen MR) is 338 cm³/mol. The van der Waals surface area contributed by atoms with Crippen molar-refractivity contribution in [1.29, 1.82) is 0 Å². The maximum atomic E-state index is 14.4. The van der Waals surface area contributed by atoms with Crippen LogP contribution in [0.15, 0.2) is 67.8 Å². The maximum absolute atomic E-state index is 14.4. The zero-order valence-corrected chi connectivity index (χ0v) is 55.1. The first-order chi connectivity index (χ1) is 42.4. The lowest BCUT2D eigenvalue weighted by Gasteiger charge is -2.48. The van der Waals surface area contributed by atoms with E-state index in [0.29, 0.717) is 62.8 Å². The number of phosphoric acid groups is 1. The molecule has 0 radical (unpaired) electrons. The second-order valence-corrected chi connectivity index (χ2v) is 28.6. The average Bonchev–Trinajstić information content (AvgIpc) is 1.53. The number of allylic oxidation sites excluding steroid dienone is 6. The number of amides is 7. The Morgan fingerprint density at radius 2 is 1.44 bits per heavy atom. The van der Waals surface area contributed by atoms with E-state index in [2.05, 4.69) is 20.9 Å². The number of ether oxygens (including phenoxy) is 1. The van der Waals surface area contributed by atoms with Gasteiger partial charge in [-0.2, -0.15) is 0 Å². The molecule has 27 nitrogen and oxygen atoms in total. The summed E-state index contributed by atoms with van der Waals surface area (Å²) in [6, 6.07) is 2.71. The molecule has 1 aromatic heterocycles. The van der Waals surface area contributed by atoms with Gasteiger partial charge in [0.1, 0.15) is 18.3 Å². The predicted octanol–water partition coefficient (Wildman–Crippen LogP) is 3.42. The lowest BCUT2D eigenvalue weighted by Crippen LogP contribution is -2.56. The van der Waals surface area contributed by atoms with Crippen LogP contribution in [0.3, 0.4) is 0 Å². The maximum Gasteiger partial charge on any atom is 0.472 e. The zero-order chi connectivity index (χ0) is 67.4. The molecular weight excluding hydrogens is 1190 g/mol. The SMILES string of the molecule is CNC(=O)CCC1C2=C(C)C3=NC(C(CC(N)=O)C3(C)CCC(=O)NCC(C)OP(=O)(O)O[C@H]3[C@@H](O)[C@@H](n4cnc5cc(C)c(C)cc54)O[C@@H]3CO)C3(C)N=C(/C(C)=C4\NC(=CC(=N2)C1(C)C)C(CCC(N)=O)C4(C)CC(N)=O)C(CCC(N)=O)C3(C)CC(N)=O. The molecule has 0 spiro atoms. The van der Waals surface area contributed by atoms with Crippen molar-refractivity contribution in [2.24, 2.45) is 89.0 Å². The van der Waals surface area contributed by atoms with Gasteiger partial charge in [0.15, 0.2) is 6.23 Å². The molecule has 8 rings (SSSR count). The second kappa shape index (κ2) is 26.2. The molecule has 91 heavy (non-hydrogen) atoms. The van der Waals surface area contributed by atoms with Crippen LogP contribution in [-0.4, -0.2) is 139 Å². The minimum Gasteiger partial charge on any atom is -0.394 e. The number of aliphatic hydroxyl groups is 2. The first-order valence-corrected chi connectivity index (χ1v) is 32.5. The van der Waals surface area contributed by atoms with Crippen LogP contribution in [0.2, 0.25) is 0 Å². The van der Waals surface area contributed by atoms with Gasteiger partial charge in [0.2, 0.25) is 41.4 Å². The monoisotopic (exact) mass is 1290 g/mol. The number of nitrogens with zero attached hydrogens (tertiary/aromatic N) is 5. The number of hydrogen-bond donors (Lipinski definition) is 11. The highest BCUT2D eigenvalue weighted by atomic mass is 31.2. The molecule has 6 aliphatic rings. The average molecular weight is 1290 g/mol. The summed E-state index contributed by atoms with van der Waals surface area (Å²) in [4.78, 5) is 127. The molecule has 15 atom stereocenters. The summed E-state index contributed by atoms with van der Waals surface area (Å²) in [7, 11) is -3.52. The summed E-state index contributed by atoms with van der Waals surface area (Å²) in [5.41, 5.74) is 31.8. The van der Waals surface area contributed by atoms with Crippen LogP contribution in [-0.2, 0) is 51.9 Å². The summed E-state index contributed by atoms with van der Waals surface area (Å²) in [5, 5.41) is 31.0. The number of fused-ring (bicyclic) bond motifs is 7. The van der Waals surface area contributed by atoms with Gasteiger partial charge in [-0.05, 0) is 108 Å². The van der Waals surface area contributed by atoms with E-state index in [1.54, 1.807) is 11.6 Å². The highest BCUT2D eigenvalue weighted by molar-refractivity contribution is 7.47. The van der Waals surface area contributed by atoms with Crippen LogP contribution < -0.4 is 44.6 Å². The van der Waals surface area contributed by atoms with E-state index in [1.807, 2.05) is 87.4 Å². The number of rotatable bonds is 26. The molecule has 2 saturated heterocycles. The molecule has 498 valence electrons. The van der Waals surface area contributed by atoms with Crippen molar-refractivity contribution in [1.82, 2.24) is 25.5 Å². The normalized spacial score (nSPS) is 32.6. The highest BCUT2D eigenvalue weighted by Crippen LogP contribution is 2.63.